The lowest BCUT2D eigenvalue weighted by molar-refractivity contribution is 0.102. The van der Waals surface area contributed by atoms with Crippen LogP contribution in [0.15, 0.2) is 24.4 Å². The van der Waals surface area contributed by atoms with Gasteiger partial charge in [0.2, 0.25) is 0 Å². The summed E-state index contributed by atoms with van der Waals surface area (Å²) in [6.45, 7) is 1.06. The molecule has 8 heteroatoms. The molecule has 1 aliphatic carbocycles. The molecular weight excluding hydrogens is 376 g/mol. The van der Waals surface area contributed by atoms with E-state index in [2.05, 4.69) is 20.5 Å². The molecule has 0 saturated heterocycles. The Morgan fingerprint density at radius 2 is 1.96 bits per heavy atom. The maximum Gasteiger partial charge on any atom is 0.261 e. The number of hydrogen-bond acceptors (Lipinski definition) is 6. The minimum absolute atomic E-state index is 0.220. The van der Waals surface area contributed by atoms with Crippen LogP contribution >= 0.6 is 11.3 Å². The third-order valence-corrected chi connectivity index (χ3v) is 6.10. The number of anilines is 1. The Morgan fingerprint density at radius 1 is 1.11 bits per heavy atom. The van der Waals surface area contributed by atoms with Gasteiger partial charge >= 0.3 is 0 Å². The predicted molar refractivity (Wildman–Crippen MR) is 106 cm³/mol. The number of carbonyl (C=O) groups excluding carboxylic acids is 1. The summed E-state index contributed by atoms with van der Waals surface area (Å²) < 4.78 is 11.2. The molecule has 144 valence electrons. The van der Waals surface area contributed by atoms with Gasteiger partial charge in [0.25, 0.3) is 5.91 Å². The number of rotatable bonds is 3. The van der Waals surface area contributed by atoms with Crippen molar-refractivity contribution >= 4 is 22.4 Å². The van der Waals surface area contributed by atoms with Crippen LogP contribution in [-0.2, 0) is 12.8 Å². The number of aromatic amines is 1. The lowest BCUT2D eigenvalue weighted by Gasteiger charge is -2.18. The zero-order valence-electron chi connectivity index (χ0n) is 15.3. The van der Waals surface area contributed by atoms with E-state index in [1.54, 1.807) is 17.5 Å². The average molecular weight is 396 g/mol. The topological polar surface area (TPSA) is 89.1 Å². The van der Waals surface area contributed by atoms with Gasteiger partial charge in [-0.1, -0.05) is 6.42 Å². The molecule has 1 aliphatic heterocycles. The Bertz CT molecular complexity index is 1000. The van der Waals surface area contributed by atoms with Crippen molar-refractivity contribution in [3.63, 3.8) is 0 Å². The van der Waals surface area contributed by atoms with Crippen molar-refractivity contribution in [1.82, 2.24) is 15.2 Å². The number of ether oxygens (including phenoxy) is 2. The van der Waals surface area contributed by atoms with Gasteiger partial charge in [-0.3, -0.25) is 15.2 Å². The van der Waals surface area contributed by atoms with Gasteiger partial charge in [0.15, 0.2) is 16.6 Å². The van der Waals surface area contributed by atoms with E-state index in [1.165, 1.54) is 24.1 Å². The van der Waals surface area contributed by atoms with Crippen LogP contribution in [0.3, 0.4) is 0 Å². The van der Waals surface area contributed by atoms with E-state index in [1.807, 2.05) is 18.2 Å². The van der Waals surface area contributed by atoms with Crippen LogP contribution in [0.4, 0.5) is 5.13 Å². The summed E-state index contributed by atoms with van der Waals surface area (Å²) in [6.07, 6.45) is 7.20. The number of nitrogens with zero attached hydrogens (tertiary/aromatic N) is 2. The molecule has 0 fully saturated rings. The zero-order chi connectivity index (χ0) is 18.9. The average Bonchev–Trinajstić information content (AvgIpc) is 3.30. The van der Waals surface area contributed by atoms with Crippen molar-refractivity contribution in [2.24, 2.45) is 0 Å². The summed E-state index contributed by atoms with van der Waals surface area (Å²) in [5.41, 5.74) is 3.08. The summed E-state index contributed by atoms with van der Waals surface area (Å²) in [4.78, 5) is 18.8. The SMILES string of the molecule is O=C(Nc1nc2c(s1)CCCCC2)c1cn[nH]c1-c1ccc2c(c1)OCCO2. The van der Waals surface area contributed by atoms with Gasteiger partial charge in [0.05, 0.1) is 23.1 Å². The minimum atomic E-state index is -0.220. The van der Waals surface area contributed by atoms with Crippen LogP contribution in [0.1, 0.15) is 40.2 Å². The number of aromatic nitrogens is 3. The van der Waals surface area contributed by atoms with Crippen molar-refractivity contribution in [2.75, 3.05) is 18.5 Å². The van der Waals surface area contributed by atoms with Crippen LogP contribution < -0.4 is 14.8 Å². The Balaban J connectivity index is 1.39. The maximum atomic E-state index is 12.9. The summed E-state index contributed by atoms with van der Waals surface area (Å²) >= 11 is 1.58. The molecule has 0 saturated carbocycles. The molecule has 28 heavy (non-hydrogen) atoms. The lowest BCUT2D eigenvalue weighted by atomic mass is 10.1. The van der Waals surface area contributed by atoms with Crippen LogP contribution in [0.2, 0.25) is 0 Å². The smallest absolute Gasteiger partial charge is 0.261 e. The van der Waals surface area contributed by atoms with E-state index in [0.717, 1.165) is 24.1 Å². The van der Waals surface area contributed by atoms with Crippen molar-refractivity contribution in [3.05, 3.63) is 40.5 Å². The molecule has 1 amide bonds. The number of thiazole rings is 1. The second kappa shape index (κ2) is 7.27. The molecule has 7 nitrogen and oxygen atoms in total. The molecule has 0 radical (unpaired) electrons. The molecule has 0 spiro atoms. The first-order chi connectivity index (χ1) is 13.8. The molecule has 1 aromatic carbocycles. The number of nitrogens with one attached hydrogen (secondary N) is 2. The zero-order valence-corrected chi connectivity index (χ0v) is 16.1. The third kappa shape index (κ3) is 3.24. The Labute approximate surface area is 166 Å². The molecule has 0 bridgehead atoms. The second-order valence-electron chi connectivity index (χ2n) is 6.92. The highest BCUT2D eigenvalue weighted by atomic mass is 32.1. The molecular formula is C20H20N4O3S. The van der Waals surface area contributed by atoms with E-state index in [4.69, 9.17) is 9.47 Å². The molecule has 3 heterocycles. The number of H-pyrrole nitrogens is 1. The number of carbonyl (C=O) groups is 1. The van der Waals surface area contributed by atoms with Crippen LogP contribution in [0.25, 0.3) is 11.3 Å². The van der Waals surface area contributed by atoms with E-state index in [0.29, 0.717) is 41.1 Å². The number of amides is 1. The lowest BCUT2D eigenvalue weighted by Crippen LogP contribution is -2.15. The minimum Gasteiger partial charge on any atom is -0.486 e. The number of benzene rings is 1. The van der Waals surface area contributed by atoms with Gasteiger partial charge in [-0.25, -0.2) is 4.98 Å². The van der Waals surface area contributed by atoms with Gasteiger partial charge in [0.1, 0.15) is 13.2 Å². The highest BCUT2D eigenvalue weighted by Crippen LogP contribution is 2.35. The molecule has 0 unspecified atom stereocenters. The van der Waals surface area contributed by atoms with Crippen molar-refractivity contribution in [1.29, 1.82) is 0 Å². The second-order valence-corrected chi connectivity index (χ2v) is 8.00. The fraction of sp³-hybridized carbons (Fsp3) is 0.350. The van der Waals surface area contributed by atoms with Crippen molar-refractivity contribution in [3.8, 4) is 22.8 Å². The summed E-state index contributed by atoms with van der Waals surface area (Å²) in [6, 6.07) is 5.61. The molecule has 0 atom stereocenters. The third-order valence-electron chi connectivity index (χ3n) is 5.03. The number of aryl methyl sites for hydroxylation is 2. The van der Waals surface area contributed by atoms with Gasteiger partial charge in [0, 0.05) is 10.4 Å². The van der Waals surface area contributed by atoms with Crippen LogP contribution in [-0.4, -0.2) is 34.3 Å². The monoisotopic (exact) mass is 396 g/mol. The Hall–Kier alpha value is -2.87. The van der Waals surface area contributed by atoms with Gasteiger partial charge < -0.3 is 9.47 Å². The first kappa shape index (κ1) is 17.2. The van der Waals surface area contributed by atoms with E-state index >= 15 is 0 Å². The Kier molecular flexibility index (Phi) is 4.48. The maximum absolute atomic E-state index is 12.9. The van der Waals surface area contributed by atoms with Gasteiger partial charge in [-0.2, -0.15) is 5.10 Å². The van der Waals surface area contributed by atoms with Crippen molar-refractivity contribution < 1.29 is 14.3 Å². The predicted octanol–water partition coefficient (Wildman–Crippen LogP) is 3.83. The molecule has 2 aromatic heterocycles. The largest absolute Gasteiger partial charge is 0.486 e. The van der Waals surface area contributed by atoms with E-state index in [-0.39, 0.29) is 5.91 Å². The van der Waals surface area contributed by atoms with Crippen LogP contribution in [0, 0.1) is 0 Å². The van der Waals surface area contributed by atoms with Crippen molar-refractivity contribution in [2.45, 2.75) is 32.1 Å². The van der Waals surface area contributed by atoms with Gasteiger partial charge in [-0.15, -0.1) is 11.3 Å². The molecule has 5 rings (SSSR count). The summed E-state index contributed by atoms with van der Waals surface area (Å²) in [7, 11) is 0. The van der Waals surface area contributed by atoms with E-state index < -0.39 is 0 Å². The highest BCUT2D eigenvalue weighted by molar-refractivity contribution is 7.15. The molecule has 2 N–H and O–H groups in total. The standard InChI is InChI=1S/C20H20N4O3S/c25-19(23-20-22-14-4-2-1-3-5-17(14)28-20)13-11-21-24-18(13)12-6-7-15-16(10-12)27-9-8-26-15/h6-7,10-11H,1-5,8-9H2,(H,21,24)(H,22,23,25). The highest BCUT2D eigenvalue weighted by Gasteiger charge is 2.21. The fourth-order valence-corrected chi connectivity index (χ4v) is 4.67. The fourth-order valence-electron chi connectivity index (χ4n) is 3.62. The summed E-state index contributed by atoms with van der Waals surface area (Å²) in [5, 5.41) is 10.6. The number of hydrogen-bond donors (Lipinski definition) is 2. The summed E-state index contributed by atoms with van der Waals surface area (Å²) in [5.74, 6) is 1.17. The normalized spacial score (nSPS) is 15.6. The molecule has 2 aliphatic rings. The van der Waals surface area contributed by atoms with Gasteiger partial charge in [-0.05, 0) is 43.9 Å². The van der Waals surface area contributed by atoms with Crippen LogP contribution in [0.5, 0.6) is 11.5 Å². The number of fused-ring (bicyclic) bond motifs is 2. The first-order valence-corrected chi connectivity index (χ1v) is 10.3. The quantitative estimate of drug-likeness (QED) is 0.657. The van der Waals surface area contributed by atoms with E-state index in [9.17, 15) is 4.79 Å². The molecule has 3 aromatic rings. The first-order valence-electron chi connectivity index (χ1n) is 9.51. The Morgan fingerprint density at radius 3 is 2.89 bits per heavy atom.